The quantitative estimate of drug-likeness (QED) is 0.811. The standard InChI is InChI=1S/C16H20BrN3O/c1-16(2,7-4-8-17)11-20-15(21)12-5-3-6-13-14(12)19-10-9-18-13/h3,5-6,9-10H,4,7-8,11H2,1-2H3,(H,20,21). The molecule has 0 aliphatic heterocycles. The molecule has 0 bridgehead atoms. The number of rotatable bonds is 6. The van der Waals surface area contributed by atoms with Gasteiger partial charge in [-0.2, -0.15) is 0 Å². The van der Waals surface area contributed by atoms with E-state index in [1.165, 1.54) is 0 Å². The molecular formula is C16H20BrN3O. The SMILES string of the molecule is CC(C)(CCCBr)CNC(=O)c1cccc2nccnc12. The van der Waals surface area contributed by atoms with E-state index in [-0.39, 0.29) is 11.3 Å². The first-order chi connectivity index (χ1) is 10.0. The first kappa shape index (κ1) is 15.9. The summed E-state index contributed by atoms with van der Waals surface area (Å²) >= 11 is 3.44. The normalized spacial score (nSPS) is 11.6. The summed E-state index contributed by atoms with van der Waals surface area (Å²) in [6.45, 7) is 4.98. The van der Waals surface area contributed by atoms with Crippen LogP contribution in [0.2, 0.25) is 0 Å². The van der Waals surface area contributed by atoms with E-state index in [0.29, 0.717) is 17.6 Å². The number of para-hydroxylation sites is 1. The predicted octanol–water partition coefficient (Wildman–Crippen LogP) is 3.56. The van der Waals surface area contributed by atoms with Crippen LogP contribution in [0.5, 0.6) is 0 Å². The van der Waals surface area contributed by atoms with Gasteiger partial charge in [0.05, 0.1) is 11.1 Å². The highest BCUT2D eigenvalue weighted by atomic mass is 79.9. The molecule has 0 unspecified atom stereocenters. The van der Waals surface area contributed by atoms with Crippen LogP contribution < -0.4 is 5.32 Å². The minimum Gasteiger partial charge on any atom is -0.351 e. The summed E-state index contributed by atoms with van der Waals surface area (Å²) in [5.41, 5.74) is 2.05. The number of nitrogens with one attached hydrogen (secondary N) is 1. The highest BCUT2D eigenvalue weighted by molar-refractivity contribution is 9.09. The topological polar surface area (TPSA) is 54.9 Å². The minimum atomic E-state index is -0.0898. The van der Waals surface area contributed by atoms with Gasteiger partial charge in [-0.3, -0.25) is 14.8 Å². The number of halogens is 1. The third-order valence-electron chi connectivity index (χ3n) is 3.46. The average molecular weight is 350 g/mol. The maximum absolute atomic E-state index is 12.4. The van der Waals surface area contributed by atoms with E-state index in [4.69, 9.17) is 0 Å². The first-order valence-electron chi connectivity index (χ1n) is 7.07. The fourth-order valence-corrected chi connectivity index (χ4v) is 2.50. The van der Waals surface area contributed by atoms with Gasteiger partial charge in [0, 0.05) is 24.3 Å². The van der Waals surface area contributed by atoms with Crippen molar-refractivity contribution < 1.29 is 4.79 Å². The molecule has 4 nitrogen and oxygen atoms in total. The van der Waals surface area contributed by atoms with Crippen molar-refractivity contribution in [2.45, 2.75) is 26.7 Å². The molecule has 0 aliphatic carbocycles. The molecule has 21 heavy (non-hydrogen) atoms. The number of fused-ring (bicyclic) bond motifs is 1. The number of benzene rings is 1. The molecule has 0 radical (unpaired) electrons. The molecular weight excluding hydrogens is 330 g/mol. The number of alkyl halides is 1. The van der Waals surface area contributed by atoms with E-state index in [2.05, 4.69) is 45.1 Å². The zero-order chi connectivity index (χ0) is 15.3. The fourth-order valence-electron chi connectivity index (χ4n) is 2.22. The van der Waals surface area contributed by atoms with E-state index in [1.807, 2.05) is 12.1 Å². The Morgan fingerprint density at radius 3 is 2.81 bits per heavy atom. The Labute approximate surface area is 133 Å². The summed E-state index contributed by atoms with van der Waals surface area (Å²) in [6.07, 6.45) is 5.41. The lowest BCUT2D eigenvalue weighted by atomic mass is 9.88. The van der Waals surface area contributed by atoms with Crippen LogP contribution in [-0.2, 0) is 0 Å². The van der Waals surface area contributed by atoms with Crippen molar-refractivity contribution in [1.82, 2.24) is 15.3 Å². The number of hydrogen-bond acceptors (Lipinski definition) is 3. The number of nitrogens with zero attached hydrogens (tertiary/aromatic N) is 2. The molecule has 1 aromatic carbocycles. The van der Waals surface area contributed by atoms with E-state index >= 15 is 0 Å². The monoisotopic (exact) mass is 349 g/mol. The van der Waals surface area contributed by atoms with Crippen molar-refractivity contribution in [3.05, 3.63) is 36.2 Å². The van der Waals surface area contributed by atoms with Crippen LogP contribution in [0.1, 0.15) is 37.0 Å². The van der Waals surface area contributed by atoms with Crippen LogP contribution in [0.25, 0.3) is 11.0 Å². The molecule has 0 aliphatic rings. The molecule has 0 fully saturated rings. The van der Waals surface area contributed by atoms with Crippen LogP contribution in [0, 0.1) is 5.41 Å². The lowest BCUT2D eigenvalue weighted by Gasteiger charge is -2.24. The smallest absolute Gasteiger partial charge is 0.253 e. The summed E-state index contributed by atoms with van der Waals surface area (Å²) in [6, 6.07) is 5.48. The molecule has 1 amide bonds. The lowest BCUT2D eigenvalue weighted by Crippen LogP contribution is -2.34. The maximum Gasteiger partial charge on any atom is 0.253 e. The predicted molar refractivity (Wildman–Crippen MR) is 88.7 cm³/mol. The van der Waals surface area contributed by atoms with Crippen LogP contribution in [0.4, 0.5) is 0 Å². The molecule has 0 saturated carbocycles. The Hall–Kier alpha value is -1.49. The Balaban J connectivity index is 2.09. The van der Waals surface area contributed by atoms with Crippen molar-refractivity contribution in [3.63, 3.8) is 0 Å². The van der Waals surface area contributed by atoms with Crippen molar-refractivity contribution in [2.24, 2.45) is 5.41 Å². The van der Waals surface area contributed by atoms with E-state index < -0.39 is 0 Å². The number of amides is 1. The molecule has 0 saturated heterocycles. The van der Waals surface area contributed by atoms with Gasteiger partial charge in [0.1, 0.15) is 5.52 Å². The maximum atomic E-state index is 12.4. The summed E-state index contributed by atoms with van der Waals surface area (Å²) in [7, 11) is 0. The number of aromatic nitrogens is 2. The lowest BCUT2D eigenvalue weighted by molar-refractivity contribution is 0.0936. The highest BCUT2D eigenvalue weighted by Gasteiger charge is 2.19. The van der Waals surface area contributed by atoms with Crippen molar-refractivity contribution in [1.29, 1.82) is 0 Å². The second kappa shape index (κ2) is 6.98. The molecule has 1 heterocycles. The van der Waals surface area contributed by atoms with Gasteiger partial charge in [0.15, 0.2) is 0 Å². The third kappa shape index (κ3) is 4.24. The van der Waals surface area contributed by atoms with E-state index in [1.54, 1.807) is 18.5 Å². The van der Waals surface area contributed by atoms with Gasteiger partial charge in [-0.1, -0.05) is 35.8 Å². The van der Waals surface area contributed by atoms with Gasteiger partial charge in [-0.25, -0.2) is 0 Å². The van der Waals surface area contributed by atoms with Gasteiger partial charge in [0.25, 0.3) is 5.91 Å². The molecule has 5 heteroatoms. The molecule has 2 aromatic rings. The summed E-state index contributed by atoms with van der Waals surface area (Å²) in [4.78, 5) is 20.9. The number of carbonyl (C=O) groups is 1. The van der Waals surface area contributed by atoms with Crippen molar-refractivity contribution in [3.8, 4) is 0 Å². The molecule has 0 spiro atoms. The van der Waals surface area contributed by atoms with Crippen LogP contribution in [-0.4, -0.2) is 27.7 Å². The van der Waals surface area contributed by atoms with E-state index in [0.717, 1.165) is 23.7 Å². The molecule has 0 atom stereocenters. The number of hydrogen-bond donors (Lipinski definition) is 1. The van der Waals surface area contributed by atoms with Gasteiger partial charge in [-0.05, 0) is 30.4 Å². The Morgan fingerprint density at radius 2 is 2.05 bits per heavy atom. The summed E-state index contributed by atoms with van der Waals surface area (Å²) < 4.78 is 0. The summed E-state index contributed by atoms with van der Waals surface area (Å²) in [5.74, 6) is -0.0898. The van der Waals surface area contributed by atoms with Gasteiger partial charge < -0.3 is 5.32 Å². The van der Waals surface area contributed by atoms with Crippen molar-refractivity contribution >= 4 is 32.9 Å². The second-order valence-electron chi connectivity index (χ2n) is 5.87. The first-order valence-corrected chi connectivity index (χ1v) is 8.19. The van der Waals surface area contributed by atoms with Gasteiger partial charge >= 0.3 is 0 Å². The van der Waals surface area contributed by atoms with Crippen LogP contribution in [0.3, 0.4) is 0 Å². The molecule has 1 aromatic heterocycles. The second-order valence-corrected chi connectivity index (χ2v) is 6.66. The third-order valence-corrected chi connectivity index (χ3v) is 4.02. The molecule has 112 valence electrons. The zero-order valence-electron chi connectivity index (χ0n) is 12.4. The van der Waals surface area contributed by atoms with Crippen molar-refractivity contribution in [2.75, 3.05) is 11.9 Å². The largest absolute Gasteiger partial charge is 0.351 e. The van der Waals surface area contributed by atoms with Crippen LogP contribution >= 0.6 is 15.9 Å². The van der Waals surface area contributed by atoms with Gasteiger partial charge in [-0.15, -0.1) is 0 Å². The molecule has 1 N–H and O–H groups in total. The zero-order valence-corrected chi connectivity index (χ0v) is 14.0. The highest BCUT2D eigenvalue weighted by Crippen LogP contribution is 2.22. The Kier molecular flexibility index (Phi) is 5.28. The number of carbonyl (C=O) groups excluding carboxylic acids is 1. The minimum absolute atomic E-state index is 0.0830. The van der Waals surface area contributed by atoms with Crippen LogP contribution in [0.15, 0.2) is 30.6 Å². The van der Waals surface area contributed by atoms with Gasteiger partial charge in [0.2, 0.25) is 0 Å². The Morgan fingerprint density at radius 1 is 1.29 bits per heavy atom. The molecule has 2 rings (SSSR count). The fraction of sp³-hybridized carbons (Fsp3) is 0.438. The average Bonchev–Trinajstić information content (AvgIpc) is 2.50. The van der Waals surface area contributed by atoms with E-state index in [9.17, 15) is 4.79 Å². The Bertz CT molecular complexity index is 622. The summed E-state index contributed by atoms with van der Waals surface area (Å²) in [5, 5.41) is 4.01.